The smallest absolute Gasteiger partial charge is 0.283 e. The number of rotatable bonds is 4. The van der Waals surface area contributed by atoms with E-state index in [9.17, 15) is 19.6 Å². The summed E-state index contributed by atoms with van der Waals surface area (Å²) in [6.45, 7) is 1.54. The summed E-state index contributed by atoms with van der Waals surface area (Å²) in [5.74, 6) is -0.391. The van der Waals surface area contributed by atoms with Crippen molar-refractivity contribution in [2.75, 3.05) is 0 Å². The van der Waals surface area contributed by atoms with Gasteiger partial charge in [-0.25, -0.2) is 4.39 Å². The van der Waals surface area contributed by atoms with Crippen LogP contribution in [0, 0.1) is 15.9 Å². The number of nitro groups is 1. The summed E-state index contributed by atoms with van der Waals surface area (Å²) < 4.78 is 13.1. The molecule has 0 saturated heterocycles. The van der Waals surface area contributed by atoms with Gasteiger partial charge in [-0.1, -0.05) is 23.9 Å². The molecule has 0 heterocycles. The van der Waals surface area contributed by atoms with E-state index >= 15 is 0 Å². The number of hydrogen-bond donors (Lipinski definition) is 1. The zero-order valence-corrected chi connectivity index (χ0v) is 11.4. The third-order valence-corrected chi connectivity index (χ3v) is 3.74. The molecular formula is C14H12FNO3S. The molecule has 0 amide bonds. The normalized spacial score (nSPS) is 12.2. The molecule has 0 unspecified atom stereocenters. The number of nitro benzene ring substituents is 1. The van der Waals surface area contributed by atoms with Crippen LogP contribution in [0.5, 0.6) is 0 Å². The molecule has 0 saturated carbocycles. The minimum atomic E-state index is -0.776. The van der Waals surface area contributed by atoms with Crippen molar-refractivity contribution in [2.45, 2.75) is 22.8 Å². The predicted octanol–water partition coefficient (Wildman–Crippen LogP) is 3.94. The fourth-order valence-electron chi connectivity index (χ4n) is 1.68. The number of aliphatic hydroxyl groups is 1. The maximum atomic E-state index is 13.1. The highest BCUT2D eigenvalue weighted by Gasteiger charge is 2.17. The quantitative estimate of drug-likeness (QED) is 0.685. The molecule has 0 fully saturated rings. The molecule has 0 aromatic heterocycles. The highest BCUT2D eigenvalue weighted by atomic mass is 32.2. The molecule has 1 atom stereocenters. The van der Waals surface area contributed by atoms with Gasteiger partial charge in [0.25, 0.3) is 5.69 Å². The van der Waals surface area contributed by atoms with E-state index in [1.807, 2.05) is 0 Å². The molecule has 0 bridgehead atoms. The maximum Gasteiger partial charge on any atom is 0.283 e. The Morgan fingerprint density at radius 3 is 2.65 bits per heavy atom. The first-order valence-electron chi connectivity index (χ1n) is 5.87. The largest absolute Gasteiger partial charge is 0.389 e. The molecule has 1 N–H and O–H groups in total. The summed E-state index contributed by atoms with van der Waals surface area (Å²) in [6.07, 6.45) is -0.776. The van der Waals surface area contributed by atoms with E-state index in [2.05, 4.69) is 0 Å². The molecule has 0 radical (unpaired) electrons. The van der Waals surface area contributed by atoms with Gasteiger partial charge in [-0.15, -0.1) is 0 Å². The Kier molecular flexibility index (Phi) is 4.36. The first kappa shape index (κ1) is 14.5. The predicted molar refractivity (Wildman–Crippen MR) is 74.3 cm³/mol. The Balaban J connectivity index is 2.38. The van der Waals surface area contributed by atoms with Crippen molar-refractivity contribution in [3.05, 3.63) is 64.0 Å². The molecule has 2 aromatic rings. The molecule has 2 aromatic carbocycles. The Labute approximate surface area is 119 Å². The van der Waals surface area contributed by atoms with Gasteiger partial charge < -0.3 is 5.11 Å². The van der Waals surface area contributed by atoms with E-state index in [-0.39, 0.29) is 5.69 Å². The van der Waals surface area contributed by atoms with Crippen LogP contribution >= 0.6 is 11.8 Å². The first-order chi connectivity index (χ1) is 9.47. The fraction of sp³-hybridized carbons (Fsp3) is 0.143. The zero-order valence-electron chi connectivity index (χ0n) is 10.6. The summed E-state index contributed by atoms with van der Waals surface area (Å²) in [5.41, 5.74) is 0.373. The summed E-state index contributed by atoms with van der Waals surface area (Å²) in [4.78, 5) is 11.6. The van der Waals surface area contributed by atoms with Crippen LogP contribution in [0.3, 0.4) is 0 Å². The van der Waals surface area contributed by atoms with Crippen LogP contribution in [0.15, 0.2) is 52.3 Å². The van der Waals surface area contributed by atoms with E-state index in [1.54, 1.807) is 31.2 Å². The Bertz CT molecular complexity index is 646. The summed E-state index contributed by atoms with van der Waals surface area (Å²) in [7, 11) is 0. The van der Waals surface area contributed by atoms with Gasteiger partial charge in [-0.05, 0) is 36.8 Å². The molecule has 2 rings (SSSR count). The van der Waals surface area contributed by atoms with E-state index in [0.29, 0.717) is 15.4 Å². The molecule has 0 aliphatic heterocycles. The topological polar surface area (TPSA) is 63.4 Å². The average Bonchev–Trinajstić information content (AvgIpc) is 2.38. The Morgan fingerprint density at radius 2 is 2.05 bits per heavy atom. The van der Waals surface area contributed by atoms with Crippen molar-refractivity contribution in [2.24, 2.45) is 0 Å². The van der Waals surface area contributed by atoms with Gasteiger partial charge in [0.05, 0.1) is 15.9 Å². The lowest BCUT2D eigenvalue weighted by Gasteiger charge is -2.07. The van der Waals surface area contributed by atoms with Crippen molar-refractivity contribution in [3.8, 4) is 0 Å². The van der Waals surface area contributed by atoms with Crippen LogP contribution in [0.2, 0.25) is 0 Å². The van der Waals surface area contributed by atoms with E-state index in [0.717, 1.165) is 11.8 Å². The van der Waals surface area contributed by atoms with E-state index in [1.165, 1.54) is 18.2 Å². The SMILES string of the molecule is C[C@@H](O)c1ccc(Sc2cccc(F)c2)c([N+](=O)[O-])c1. The zero-order chi connectivity index (χ0) is 14.7. The van der Waals surface area contributed by atoms with Crippen molar-refractivity contribution in [1.29, 1.82) is 0 Å². The number of benzene rings is 2. The van der Waals surface area contributed by atoms with Crippen LogP contribution in [0.1, 0.15) is 18.6 Å². The monoisotopic (exact) mass is 293 g/mol. The van der Waals surface area contributed by atoms with Gasteiger partial charge in [0.2, 0.25) is 0 Å². The van der Waals surface area contributed by atoms with Gasteiger partial charge in [-0.3, -0.25) is 10.1 Å². The van der Waals surface area contributed by atoms with Crippen molar-refractivity contribution in [1.82, 2.24) is 0 Å². The number of hydrogen-bond acceptors (Lipinski definition) is 4. The van der Waals surface area contributed by atoms with Gasteiger partial charge in [0.1, 0.15) is 5.82 Å². The maximum absolute atomic E-state index is 13.1. The second-order valence-corrected chi connectivity index (χ2v) is 5.34. The van der Waals surface area contributed by atoms with Gasteiger partial charge in [-0.2, -0.15) is 0 Å². The summed E-state index contributed by atoms with van der Waals surface area (Å²) >= 11 is 1.11. The highest BCUT2D eigenvalue weighted by molar-refractivity contribution is 7.99. The van der Waals surface area contributed by atoms with Gasteiger partial charge in [0.15, 0.2) is 0 Å². The molecule has 0 aliphatic rings. The Hall–Kier alpha value is -1.92. The molecule has 0 aliphatic carbocycles. The lowest BCUT2D eigenvalue weighted by Crippen LogP contribution is -1.96. The van der Waals surface area contributed by atoms with E-state index < -0.39 is 16.8 Å². The number of nitrogens with zero attached hydrogens (tertiary/aromatic N) is 1. The third-order valence-electron chi connectivity index (χ3n) is 2.69. The number of halogens is 1. The number of aliphatic hydroxyl groups excluding tert-OH is 1. The second kappa shape index (κ2) is 6.02. The first-order valence-corrected chi connectivity index (χ1v) is 6.69. The molecule has 104 valence electrons. The Morgan fingerprint density at radius 1 is 1.30 bits per heavy atom. The summed E-state index contributed by atoms with van der Waals surface area (Å²) in [5, 5.41) is 20.6. The molecule has 0 spiro atoms. The van der Waals surface area contributed by atoms with Crippen molar-refractivity contribution >= 4 is 17.4 Å². The lowest BCUT2D eigenvalue weighted by molar-refractivity contribution is -0.387. The molecule has 6 heteroatoms. The van der Waals surface area contributed by atoms with Crippen molar-refractivity contribution in [3.63, 3.8) is 0 Å². The average molecular weight is 293 g/mol. The second-order valence-electron chi connectivity index (χ2n) is 4.22. The molecular weight excluding hydrogens is 281 g/mol. The standard InChI is InChI=1S/C14H12FNO3S/c1-9(17)10-5-6-14(13(7-10)16(18)19)20-12-4-2-3-11(15)8-12/h2-9,17H,1H3/t9-/m1/s1. The molecule has 20 heavy (non-hydrogen) atoms. The summed E-state index contributed by atoms with van der Waals surface area (Å²) in [6, 6.07) is 10.4. The van der Waals surface area contributed by atoms with Crippen LogP contribution < -0.4 is 0 Å². The minimum absolute atomic E-state index is 0.0994. The fourth-order valence-corrected chi connectivity index (χ4v) is 2.63. The minimum Gasteiger partial charge on any atom is -0.389 e. The van der Waals surface area contributed by atoms with Crippen molar-refractivity contribution < 1.29 is 14.4 Å². The van der Waals surface area contributed by atoms with E-state index in [4.69, 9.17) is 0 Å². The van der Waals surface area contributed by atoms with Gasteiger partial charge in [0, 0.05) is 11.0 Å². The van der Waals surface area contributed by atoms with Crippen LogP contribution in [-0.2, 0) is 0 Å². The van der Waals surface area contributed by atoms with Crippen LogP contribution in [-0.4, -0.2) is 10.0 Å². The molecule has 4 nitrogen and oxygen atoms in total. The lowest BCUT2D eigenvalue weighted by atomic mass is 10.1. The highest BCUT2D eigenvalue weighted by Crippen LogP contribution is 2.36. The van der Waals surface area contributed by atoms with Gasteiger partial charge >= 0.3 is 0 Å². The van der Waals surface area contributed by atoms with Crippen LogP contribution in [0.4, 0.5) is 10.1 Å². The third kappa shape index (κ3) is 3.34. The van der Waals surface area contributed by atoms with Crippen LogP contribution in [0.25, 0.3) is 0 Å².